The number of hydrogen-bond donors (Lipinski definition) is 1. The Hall–Kier alpha value is -1.55. The molecule has 1 unspecified atom stereocenters. The van der Waals surface area contributed by atoms with Crippen LogP contribution in [0.4, 0.5) is 5.69 Å². The first-order valence-corrected chi connectivity index (χ1v) is 6.58. The van der Waals surface area contributed by atoms with Crippen LogP contribution in [0.1, 0.15) is 25.8 Å². The number of likely N-dealkylation sites (N-methyl/N-ethyl adjacent to an activating group) is 1. The van der Waals surface area contributed by atoms with E-state index in [0.29, 0.717) is 13.0 Å². The molecule has 0 aliphatic carbocycles. The normalized spacial score (nSPS) is 13.8. The van der Waals surface area contributed by atoms with E-state index in [0.717, 1.165) is 11.3 Å². The molecule has 0 aliphatic rings. The van der Waals surface area contributed by atoms with Crippen LogP contribution in [-0.4, -0.2) is 37.5 Å². The van der Waals surface area contributed by atoms with E-state index in [-0.39, 0.29) is 5.91 Å². The number of nitrogens with zero attached hydrogens (tertiary/aromatic N) is 2. The van der Waals surface area contributed by atoms with Gasteiger partial charge in [-0.3, -0.25) is 4.79 Å². The van der Waals surface area contributed by atoms with Crippen LogP contribution in [0.15, 0.2) is 24.3 Å². The van der Waals surface area contributed by atoms with Crippen LogP contribution >= 0.6 is 0 Å². The van der Waals surface area contributed by atoms with E-state index >= 15 is 0 Å². The molecule has 2 N–H and O–H groups in total. The number of carbonyl (C=O) groups is 1. The quantitative estimate of drug-likeness (QED) is 0.882. The van der Waals surface area contributed by atoms with Crippen LogP contribution in [0.3, 0.4) is 0 Å². The molecule has 1 aromatic carbocycles. The van der Waals surface area contributed by atoms with Gasteiger partial charge in [0.05, 0.1) is 5.54 Å². The van der Waals surface area contributed by atoms with E-state index in [2.05, 4.69) is 12.1 Å². The Morgan fingerprint density at radius 3 is 2.16 bits per heavy atom. The average Bonchev–Trinajstić information content (AvgIpc) is 2.38. The zero-order valence-corrected chi connectivity index (χ0v) is 12.6. The van der Waals surface area contributed by atoms with Crippen molar-refractivity contribution in [3.63, 3.8) is 0 Å². The van der Waals surface area contributed by atoms with E-state index < -0.39 is 5.54 Å². The summed E-state index contributed by atoms with van der Waals surface area (Å²) >= 11 is 0. The van der Waals surface area contributed by atoms with Crippen LogP contribution in [0, 0.1) is 0 Å². The van der Waals surface area contributed by atoms with Crippen LogP contribution < -0.4 is 10.6 Å². The van der Waals surface area contributed by atoms with E-state index in [1.165, 1.54) is 0 Å². The molecule has 106 valence electrons. The highest BCUT2D eigenvalue weighted by atomic mass is 16.2. The highest BCUT2D eigenvalue weighted by molar-refractivity contribution is 5.85. The number of carbonyl (C=O) groups excluding carboxylic acids is 1. The van der Waals surface area contributed by atoms with Crippen LogP contribution in [0.25, 0.3) is 0 Å². The summed E-state index contributed by atoms with van der Waals surface area (Å²) < 4.78 is 0. The molecule has 4 nitrogen and oxygen atoms in total. The maximum atomic E-state index is 12.2. The Bertz CT molecular complexity index is 424. The second-order valence-electron chi connectivity index (χ2n) is 5.49. The summed E-state index contributed by atoms with van der Waals surface area (Å²) in [5.41, 5.74) is 7.45. The van der Waals surface area contributed by atoms with Crippen molar-refractivity contribution in [3.05, 3.63) is 29.8 Å². The Kier molecular flexibility index (Phi) is 4.95. The van der Waals surface area contributed by atoms with Gasteiger partial charge in [-0.05, 0) is 31.0 Å². The fourth-order valence-electron chi connectivity index (χ4n) is 1.83. The Balaban J connectivity index is 2.72. The van der Waals surface area contributed by atoms with Crippen LogP contribution in [0.2, 0.25) is 0 Å². The van der Waals surface area contributed by atoms with Gasteiger partial charge in [-0.25, -0.2) is 0 Å². The average molecular weight is 263 g/mol. The van der Waals surface area contributed by atoms with Crippen molar-refractivity contribution < 1.29 is 4.79 Å². The maximum absolute atomic E-state index is 12.2. The largest absolute Gasteiger partial charge is 0.378 e. The lowest BCUT2D eigenvalue weighted by molar-refractivity contribution is -0.135. The lowest BCUT2D eigenvalue weighted by Gasteiger charge is -2.28. The van der Waals surface area contributed by atoms with Gasteiger partial charge < -0.3 is 15.5 Å². The third-order valence-corrected chi connectivity index (χ3v) is 3.44. The van der Waals surface area contributed by atoms with E-state index in [1.54, 1.807) is 18.9 Å². The molecule has 4 heteroatoms. The predicted octanol–water partition coefficient (Wildman–Crippen LogP) is 1.84. The van der Waals surface area contributed by atoms with E-state index in [9.17, 15) is 4.79 Å². The molecule has 19 heavy (non-hydrogen) atoms. The van der Waals surface area contributed by atoms with Crippen molar-refractivity contribution in [2.45, 2.75) is 32.4 Å². The second kappa shape index (κ2) is 6.06. The lowest BCUT2D eigenvalue weighted by Crippen LogP contribution is -2.51. The van der Waals surface area contributed by atoms with Gasteiger partial charge in [-0.2, -0.15) is 0 Å². The molecule has 0 saturated heterocycles. The number of anilines is 1. The third kappa shape index (κ3) is 3.96. The summed E-state index contributed by atoms with van der Waals surface area (Å²) in [6.45, 7) is 4.29. The molecule has 0 saturated carbocycles. The number of nitrogens with two attached hydrogens (primary N) is 1. The van der Waals surface area contributed by atoms with Gasteiger partial charge in [0.1, 0.15) is 0 Å². The number of benzene rings is 1. The molecule has 1 atom stereocenters. The molecule has 0 spiro atoms. The van der Waals surface area contributed by atoms with Crippen LogP contribution in [0.5, 0.6) is 0 Å². The molecule has 1 aromatic rings. The fourth-order valence-corrected chi connectivity index (χ4v) is 1.83. The standard InChI is InChI=1S/C15H25N3O/c1-6-15(2,16)14(19)18(5)11-12-7-9-13(10-8-12)17(3)4/h7-10H,6,11,16H2,1-5H3. The maximum Gasteiger partial charge on any atom is 0.242 e. The number of hydrogen-bond acceptors (Lipinski definition) is 3. The Morgan fingerprint density at radius 1 is 1.21 bits per heavy atom. The van der Waals surface area contributed by atoms with E-state index in [1.807, 2.05) is 38.1 Å². The minimum Gasteiger partial charge on any atom is -0.378 e. The van der Waals surface area contributed by atoms with Gasteiger partial charge in [-0.1, -0.05) is 19.1 Å². The lowest BCUT2D eigenvalue weighted by atomic mass is 9.98. The van der Waals surface area contributed by atoms with Gasteiger partial charge in [0.2, 0.25) is 5.91 Å². The summed E-state index contributed by atoms with van der Waals surface area (Å²) in [6.07, 6.45) is 0.635. The SMILES string of the molecule is CCC(C)(N)C(=O)N(C)Cc1ccc(N(C)C)cc1. The van der Waals surface area contributed by atoms with Gasteiger partial charge in [0.25, 0.3) is 0 Å². The molecule has 0 aliphatic heterocycles. The highest BCUT2D eigenvalue weighted by Gasteiger charge is 2.28. The van der Waals surface area contributed by atoms with Gasteiger partial charge in [-0.15, -0.1) is 0 Å². The van der Waals surface area contributed by atoms with Gasteiger partial charge >= 0.3 is 0 Å². The molecule has 1 rings (SSSR count). The minimum atomic E-state index is -0.779. The zero-order chi connectivity index (χ0) is 14.6. The third-order valence-electron chi connectivity index (χ3n) is 3.44. The zero-order valence-electron chi connectivity index (χ0n) is 12.6. The first-order chi connectivity index (χ1) is 8.77. The van der Waals surface area contributed by atoms with Crippen molar-refractivity contribution in [1.82, 2.24) is 4.90 Å². The summed E-state index contributed by atoms with van der Waals surface area (Å²) in [5.74, 6) is -0.0216. The van der Waals surface area contributed by atoms with Crippen molar-refractivity contribution in [2.24, 2.45) is 5.73 Å². The molecule has 0 aromatic heterocycles. The van der Waals surface area contributed by atoms with Gasteiger partial charge in [0, 0.05) is 33.4 Å². The molecule has 1 amide bonds. The van der Waals surface area contributed by atoms with Crippen molar-refractivity contribution >= 4 is 11.6 Å². The Morgan fingerprint density at radius 2 is 1.74 bits per heavy atom. The molecular formula is C15H25N3O. The van der Waals surface area contributed by atoms with Crippen molar-refractivity contribution in [3.8, 4) is 0 Å². The smallest absolute Gasteiger partial charge is 0.242 e. The van der Waals surface area contributed by atoms with Crippen molar-refractivity contribution in [1.29, 1.82) is 0 Å². The van der Waals surface area contributed by atoms with E-state index in [4.69, 9.17) is 5.73 Å². The number of rotatable bonds is 5. The predicted molar refractivity (Wildman–Crippen MR) is 80.1 cm³/mol. The molecule has 0 bridgehead atoms. The molecule has 0 fully saturated rings. The summed E-state index contributed by atoms with van der Waals surface area (Å²) in [4.78, 5) is 15.9. The fraction of sp³-hybridized carbons (Fsp3) is 0.533. The Labute approximate surface area is 116 Å². The first-order valence-electron chi connectivity index (χ1n) is 6.58. The molecule has 0 radical (unpaired) electrons. The van der Waals surface area contributed by atoms with Crippen LogP contribution in [-0.2, 0) is 11.3 Å². The van der Waals surface area contributed by atoms with Crippen molar-refractivity contribution in [2.75, 3.05) is 26.0 Å². The highest BCUT2D eigenvalue weighted by Crippen LogP contribution is 2.15. The molecular weight excluding hydrogens is 238 g/mol. The summed E-state index contributed by atoms with van der Waals surface area (Å²) in [7, 11) is 5.81. The first kappa shape index (κ1) is 15.5. The monoisotopic (exact) mass is 263 g/mol. The minimum absolute atomic E-state index is 0.0216. The molecule has 0 heterocycles. The summed E-state index contributed by atoms with van der Waals surface area (Å²) in [5, 5.41) is 0. The topological polar surface area (TPSA) is 49.6 Å². The number of amides is 1. The summed E-state index contributed by atoms with van der Waals surface area (Å²) in [6, 6.07) is 8.18. The van der Waals surface area contributed by atoms with Gasteiger partial charge in [0.15, 0.2) is 0 Å². The second-order valence-corrected chi connectivity index (χ2v) is 5.49.